The van der Waals surface area contributed by atoms with Crippen LogP contribution in [0.1, 0.15) is 31.4 Å². The molecule has 0 atom stereocenters. The Hall–Kier alpha value is -2.87. The summed E-state index contributed by atoms with van der Waals surface area (Å²) in [5.74, 6) is -0.316. The monoisotopic (exact) mass is 577 g/mol. The summed E-state index contributed by atoms with van der Waals surface area (Å²) in [5, 5.41) is 3.02. The summed E-state index contributed by atoms with van der Waals surface area (Å²) >= 11 is 4.93. The van der Waals surface area contributed by atoms with Crippen molar-refractivity contribution in [3.63, 3.8) is 0 Å². The van der Waals surface area contributed by atoms with E-state index < -0.39 is 0 Å². The van der Waals surface area contributed by atoms with Crippen LogP contribution in [0.25, 0.3) is 6.08 Å². The lowest BCUT2D eigenvalue weighted by molar-refractivity contribution is -0.122. The van der Waals surface area contributed by atoms with Crippen LogP contribution in [0.2, 0.25) is 0 Å². The summed E-state index contributed by atoms with van der Waals surface area (Å²) in [5.41, 5.74) is 2.99. The van der Waals surface area contributed by atoms with Gasteiger partial charge in [-0.05, 0) is 61.7 Å². The van der Waals surface area contributed by atoms with Gasteiger partial charge in [-0.25, -0.2) is 0 Å². The third-order valence-electron chi connectivity index (χ3n) is 6.18. The average Bonchev–Trinajstić information content (AvgIpc) is 2.89. The van der Waals surface area contributed by atoms with Gasteiger partial charge in [-0.15, -0.1) is 0 Å². The molecule has 0 aromatic heterocycles. The van der Waals surface area contributed by atoms with E-state index in [0.717, 1.165) is 40.1 Å². The van der Waals surface area contributed by atoms with Gasteiger partial charge in [0.05, 0.1) is 10.6 Å². The van der Waals surface area contributed by atoms with Crippen LogP contribution < -0.4 is 10.2 Å². The van der Waals surface area contributed by atoms with Gasteiger partial charge in [-0.1, -0.05) is 82.3 Å². The molecule has 37 heavy (non-hydrogen) atoms. The third-order valence-corrected chi connectivity index (χ3v) is 7.75. The van der Waals surface area contributed by atoms with Gasteiger partial charge in [0.15, 0.2) is 0 Å². The van der Waals surface area contributed by atoms with Crippen LogP contribution in [0, 0.1) is 0 Å². The Morgan fingerprint density at radius 1 is 1.05 bits per heavy atom. The first kappa shape index (κ1) is 27.2. The van der Waals surface area contributed by atoms with E-state index >= 15 is 0 Å². The second-order valence-electron chi connectivity index (χ2n) is 9.28. The first-order valence-electron chi connectivity index (χ1n) is 12.5. The van der Waals surface area contributed by atoms with Crippen LogP contribution in [0.15, 0.2) is 93.1 Å². The number of hydrogen-bond acceptors (Lipinski definition) is 4. The zero-order valence-electron chi connectivity index (χ0n) is 21.2. The summed E-state index contributed by atoms with van der Waals surface area (Å²) in [7, 11) is 0. The topological polar surface area (TPSA) is 52.7 Å². The van der Waals surface area contributed by atoms with Crippen LogP contribution in [0.5, 0.6) is 0 Å². The SMILES string of the molecule is CC(C)N(CCCNC(=O)CN1C(=O)C(=Cc2cccc(Br)c2)Sc2ccccc21)Cc1ccccc1. The predicted molar refractivity (Wildman–Crippen MR) is 156 cm³/mol. The molecule has 0 saturated carbocycles. The number of carbonyl (C=O) groups excluding carboxylic acids is 2. The molecule has 0 aliphatic carbocycles. The molecule has 0 saturated heterocycles. The van der Waals surface area contributed by atoms with Crippen molar-refractivity contribution in [2.45, 2.75) is 37.8 Å². The zero-order valence-corrected chi connectivity index (χ0v) is 23.6. The van der Waals surface area contributed by atoms with E-state index in [1.165, 1.54) is 17.3 Å². The molecular formula is C30H32BrN3O2S. The highest BCUT2D eigenvalue weighted by atomic mass is 79.9. The van der Waals surface area contributed by atoms with Gasteiger partial charge in [-0.3, -0.25) is 19.4 Å². The zero-order chi connectivity index (χ0) is 26.2. The fourth-order valence-corrected chi connectivity index (χ4v) is 5.69. The molecule has 7 heteroatoms. The van der Waals surface area contributed by atoms with Gasteiger partial charge in [0, 0.05) is 35.0 Å². The number of anilines is 1. The first-order chi connectivity index (χ1) is 17.9. The molecule has 5 nitrogen and oxygen atoms in total. The largest absolute Gasteiger partial charge is 0.355 e. The van der Waals surface area contributed by atoms with Crippen LogP contribution in [-0.4, -0.2) is 42.4 Å². The molecule has 0 fully saturated rings. The number of thioether (sulfide) groups is 1. The summed E-state index contributed by atoms with van der Waals surface area (Å²) in [4.78, 5) is 31.9. The molecule has 192 valence electrons. The van der Waals surface area contributed by atoms with E-state index in [1.54, 1.807) is 4.90 Å². The molecule has 0 spiro atoms. The van der Waals surface area contributed by atoms with Crippen LogP contribution in [0.4, 0.5) is 5.69 Å². The van der Waals surface area contributed by atoms with Gasteiger partial charge in [-0.2, -0.15) is 0 Å². The minimum absolute atomic E-state index is 0.00978. The molecule has 0 bridgehead atoms. The normalized spacial score (nSPS) is 14.4. The van der Waals surface area contributed by atoms with Crippen molar-refractivity contribution in [2.75, 3.05) is 24.5 Å². The second-order valence-corrected chi connectivity index (χ2v) is 11.3. The number of hydrogen-bond donors (Lipinski definition) is 1. The first-order valence-corrected chi connectivity index (χ1v) is 14.1. The van der Waals surface area contributed by atoms with Crippen molar-refractivity contribution in [1.29, 1.82) is 0 Å². The van der Waals surface area contributed by atoms with Gasteiger partial charge >= 0.3 is 0 Å². The van der Waals surface area contributed by atoms with E-state index in [4.69, 9.17) is 0 Å². The Balaban J connectivity index is 1.37. The highest BCUT2D eigenvalue weighted by molar-refractivity contribution is 9.10. The van der Waals surface area contributed by atoms with Crippen molar-refractivity contribution >= 4 is 51.3 Å². The van der Waals surface area contributed by atoms with E-state index in [0.29, 0.717) is 17.5 Å². The summed E-state index contributed by atoms with van der Waals surface area (Å²) in [6.45, 7) is 6.71. The predicted octanol–water partition coefficient (Wildman–Crippen LogP) is 6.35. The molecular weight excluding hydrogens is 546 g/mol. The number of carbonyl (C=O) groups is 2. The molecule has 0 radical (unpaired) electrons. The van der Waals surface area contributed by atoms with E-state index in [2.05, 4.69) is 64.3 Å². The Kier molecular flexibility index (Phi) is 9.61. The van der Waals surface area contributed by atoms with E-state index in [-0.39, 0.29) is 18.4 Å². The maximum Gasteiger partial charge on any atom is 0.265 e. The Morgan fingerprint density at radius 3 is 2.57 bits per heavy atom. The molecule has 0 unspecified atom stereocenters. The fraction of sp³-hybridized carbons (Fsp3) is 0.267. The lowest BCUT2D eigenvalue weighted by atomic mass is 10.2. The quantitative estimate of drug-likeness (QED) is 0.225. The Morgan fingerprint density at radius 2 is 1.81 bits per heavy atom. The lowest BCUT2D eigenvalue weighted by Gasteiger charge is -2.30. The number of benzene rings is 3. The van der Waals surface area contributed by atoms with Crippen LogP contribution in [-0.2, 0) is 16.1 Å². The average molecular weight is 579 g/mol. The van der Waals surface area contributed by atoms with Gasteiger partial charge in [0.1, 0.15) is 6.54 Å². The van der Waals surface area contributed by atoms with Crippen LogP contribution in [0.3, 0.4) is 0 Å². The van der Waals surface area contributed by atoms with Crippen LogP contribution >= 0.6 is 27.7 Å². The number of fused-ring (bicyclic) bond motifs is 1. The molecule has 1 N–H and O–H groups in total. The van der Waals surface area contributed by atoms with Crippen molar-refractivity contribution in [3.8, 4) is 0 Å². The van der Waals surface area contributed by atoms with Gasteiger partial charge < -0.3 is 5.32 Å². The minimum Gasteiger partial charge on any atom is -0.355 e. The lowest BCUT2D eigenvalue weighted by Crippen LogP contribution is -2.43. The number of rotatable bonds is 10. The smallest absolute Gasteiger partial charge is 0.265 e. The highest BCUT2D eigenvalue weighted by Gasteiger charge is 2.30. The number of nitrogens with zero attached hydrogens (tertiary/aromatic N) is 2. The van der Waals surface area contributed by atoms with Crippen molar-refractivity contribution in [1.82, 2.24) is 10.2 Å². The summed E-state index contributed by atoms with van der Waals surface area (Å²) in [6.07, 6.45) is 2.72. The molecule has 1 aliphatic heterocycles. The van der Waals surface area contributed by atoms with E-state index in [9.17, 15) is 9.59 Å². The Labute approximate surface area is 232 Å². The summed E-state index contributed by atoms with van der Waals surface area (Å²) in [6, 6.07) is 26.4. The Bertz CT molecular complexity index is 1260. The fourth-order valence-electron chi connectivity index (χ4n) is 4.21. The molecule has 1 heterocycles. The number of halogens is 1. The third kappa shape index (κ3) is 7.57. The summed E-state index contributed by atoms with van der Waals surface area (Å²) < 4.78 is 0.951. The van der Waals surface area contributed by atoms with Crippen molar-refractivity contribution < 1.29 is 9.59 Å². The number of para-hydroxylation sites is 1. The van der Waals surface area contributed by atoms with E-state index in [1.807, 2.05) is 60.7 Å². The molecule has 3 aromatic rings. The molecule has 2 amide bonds. The molecule has 3 aromatic carbocycles. The van der Waals surface area contributed by atoms with Crippen molar-refractivity contribution in [3.05, 3.63) is 99.4 Å². The van der Waals surface area contributed by atoms with Gasteiger partial charge in [0.2, 0.25) is 5.91 Å². The molecule has 4 rings (SSSR count). The van der Waals surface area contributed by atoms with Crippen molar-refractivity contribution in [2.24, 2.45) is 0 Å². The number of amides is 2. The minimum atomic E-state index is -0.160. The second kappa shape index (κ2) is 13.1. The maximum atomic E-state index is 13.4. The molecule has 1 aliphatic rings. The maximum absolute atomic E-state index is 13.4. The number of nitrogens with one attached hydrogen (secondary N) is 1. The van der Waals surface area contributed by atoms with Gasteiger partial charge in [0.25, 0.3) is 5.91 Å². The highest BCUT2D eigenvalue weighted by Crippen LogP contribution is 2.42. The standard InChI is InChI=1S/C30H32BrN3O2S/c1-22(2)33(20-23-10-4-3-5-11-23)17-9-16-32-29(35)21-34-26-14-6-7-15-27(26)37-28(30(34)36)19-24-12-8-13-25(31)18-24/h3-8,10-15,18-19,22H,9,16-17,20-21H2,1-2H3,(H,32,35).